The molecule has 0 aliphatic carbocycles. The van der Waals surface area contributed by atoms with E-state index in [2.05, 4.69) is 10.3 Å². The zero-order valence-electron chi connectivity index (χ0n) is 10.3. The van der Waals surface area contributed by atoms with E-state index < -0.39 is 5.41 Å². The van der Waals surface area contributed by atoms with E-state index in [1.54, 1.807) is 16.8 Å². The van der Waals surface area contributed by atoms with Crippen LogP contribution in [-0.4, -0.2) is 17.4 Å². The van der Waals surface area contributed by atoms with E-state index in [-0.39, 0.29) is 18.3 Å². The molecular formula is C12H16ClN3OS. The van der Waals surface area contributed by atoms with Crippen molar-refractivity contribution >= 4 is 45.6 Å². The van der Waals surface area contributed by atoms with Gasteiger partial charge in [-0.15, -0.1) is 23.7 Å². The molecule has 1 aromatic carbocycles. The Kier molecular flexibility index (Phi) is 4.67. The molecule has 98 valence electrons. The minimum Gasteiger partial charge on any atom is -0.329 e. The summed E-state index contributed by atoms with van der Waals surface area (Å²) in [4.78, 5) is 16.1. The van der Waals surface area contributed by atoms with Gasteiger partial charge in [0.2, 0.25) is 5.91 Å². The Morgan fingerprint density at radius 2 is 2.22 bits per heavy atom. The minimum atomic E-state index is -0.553. The van der Waals surface area contributed by atoms with Gasteiger partial charge < -0.3 is 11.1 Å². The molecule has 1 amide bonds. The molecule has 0 fully saturated rings. The predicted molar refractivity (Wildman–Crippen MR) is 78.3 cm³/mol. The van der Waals surface area contributed by atoms with Crippen LogP contribution in [0.1, 0.15) is 13.8 Å². The number of rotatable bonds is 3. The number of carbonyl (C=O) groups excluding carboxylic acids is 1. The van der Waals surface area contributed by atoms with Gasteiger partial charge in [0.25, 0.3) is 0 Å². The van der Waals surface area contributed by atoms with Crippen molar-refractivity contribution in [2.75, 3.05) is 11.9 Å². The van der Waals surface area contributed by atoms with Crippen LogP contribution in [0.4, 0.5) is 5.69 Å². The fourth-order valence-electron chi connectivity index (χ4n) is 1.33. The van der Waals surface area contributed by atoms with Gasteiger partial charge in [0, 0.05) is 12.2 Å². The Labute approximate surface area is 116 Å². The summed E-state index contributed by atoms with van der Waals surface area (Å²) in [5.41, 5.74) is 8.54. The standard InChI is InChI=1S/C12H15N3OS.ClH/c1-12(2,6-13)11(16)15-8-3-4-9-10(5-8)17-7-14-9;/h3-5,7H,6,13H2,1-2H3,(H,15,16);1H. The lowest BCUT2D eigenvalue weighted by molar-refractivity contribution is -0.123. The molecule has 6 heteroatoms. The molecule has 0 saturated carbocycles. The zero-order valence-corrected chi connectivity index (χ0v) is 11.9. The number of benzene rings is 1. The van der Waals surface area contributed by atoms with Crippen molar-refractivity contribution in [3.63, 3.8) is 0 Å². The molecular weight excluding hydrogens is 270 g/mol. The number of hydrogen-bond acceptors (Lipinski definition) is 4. The maximum atomic E-state index is 11.9. The van der Waals surface area contributed by atoms with E-state index in [4.69, 9.17) is 5.73 Å². The quantitative estimate of drug-likeness (QED) is 0.911. The van der Waals surface area contributed by atoms with Crippen molar-refractivity contribution in [3.05, 3.63) is 23.7 Å². The maximum absolute atomic E-state index is 11.9. The third kappa shape index (κ3) is 2.98. The number of anilines is 1. The first-order valence-electron chi connectivity index (χ1n) is 5.38. The fraction of sp³-hybridized carbons (Fsp3) is 0.333. The van der Waals surface area contributed by atoms with E-state index in [1.807, 2.05) is 32.0 Å². The number of thiazole rings is 1. The van der Waals surface area contributed by atoms with Crippen molar-refractivity contribution in [2.45, 2.75) is 13.8 Å². The smallest absolute Gasteiger partial charge is 0.231 e. The molecule has 2 aromatic rings. The maximum Gasteiger partial charge on any atom is 0.231 e. The van der Waals surface area contributed by atoms with Gasteiger partial charge in [-0.05, 0) is 32.0 Å². The number of hydrogen-bond donors (Lipinski definition) is 2. The van der Waals surface area contributed by atoms with Gasteiger partial charge in [0.1, 0.15) is 0 Å². The number of nitrogens with one attached hydrogen (secondary N) is 1. The molecule has 4 nitrogen and oxygen atoms in total. The lowest BCUT2D eigenvalue weighted by atomic mass is 9.92. The minimum absolute atomic E-state index is 0. The van der Waals surface area contributed by atoms with Crippen LogP contribution in [0.3, 0.4) is 0 Å². The van der Waals surface area contributed by atoms with E-state index in [1.165, 1.54) is 0 Å². The lowest BCUT2D eigenvalue weighted by Crippen LogP contribution is -2.37. The molecule has 0 aliphatic rings. The number of amides is 1. The molecule has 0 aliphatic heterocycles. The Balaban J connectivity index is 0.00000162. The van der Waals surface area contributed by atoms with Crippen LogP contribution in [0.2, 0.25) is 0 Å². The van der Waals surface area contributed by atoms with Crippen molar-refractivity contribution in [3.8, 4) is 0 Å². The van der Waals surface area contributed by atoms with E-state index in [9.17, 15) is 4.79 Å². The van der Waals surface area contributed by atoms with Crippen LogP contribution in [0.5, 0.6) is 0 Å². The zero-order chi connectivity index (χ0) is 12.5. The van der Waals surface area contributed by atoms with Gasteiger partial charge in [-0.1, -0.05) is 0 Å². The van der Waals surface area contributed by atoms with Gasteiger partial charge in [-0.2, -0.15) is 0 Å². The van der Waals surface area contributed by atoms with E-state index in [0.717, 1.165) is 15.9 Å². The summed E-state index contributed by atoms with van der Waals surface area (Å²) in [7, 11) is 0. The Morgan fingerprint density at radius 1 is 1.50 bits per heavy atom. The topological polar surface area (TPSA) is 68.0 Å². The number of halogens is 1. The third-order valence-corrected chi connectivity index (χ3v) is 3.51. The van der Waals surface area contributed by atoms with Gasteiger partial charge in [-0.3, -0.25) is 4.79 Å². The summed E-state index contributed by atoms with van der Waals surface area (Å²) in [5, 5.41) is 2.88. The molecule has 0 radical (unpaired) electrons. The van der Waals surface area contributed by atoms with Crippen LogP contribution in [0.15, 0.2) is 23.7 Å². The molecule has 0 bridgehead atoms. The normalized spacial score (nSPS) is 11.1. The van der Waals surface area contributed by atoms with Crippen molar-refractivity contribution in [1.82, 2.24) is 4.98 Å². The summed E-state index contributed by atoms with van der Waals surface area (Å²) in [6.45, 7) is 3.97. The second-order valence-corrected chi connectivity index (χ2v) is 5.46. The average molecular weight is 286 g/mol. The predicted octanol–water partition coefficient (Wildman–Crippen LogP) is 2.64. The van der Waals surface area contributed by atoms with Crippen LogP contribution < -0.4 is 11.1 Å². The van der Waals surface area contributed by atoms with Gasteiger partial charge >= 0.3 is 0 Å². The highest BCUT2D eigenvalue weighted by atomic mass is 35.5. The number of aromatic nitrogens is 1. The van der Waals surface area contributed by atoms with Crippen molar-refractivity contribution in [1.29, 1.82) is 0 Å². The van der Waals surface area contributed by atoms with Crippen LogP contribution in [0.25, 0.3) is 10.2 Å². The summed E-state index contributed by atoms with van der Waals surface area (Å²) >= 11 is 1.55. The lowest BCUT2D eigenvalue weighted by Gasteiger charge is -2.21. The highest BCUT2D eigenvalue weighted by molar-refractivity contribution is 7.16. The molecule has 0 unspecified atom stereocenters. The van der Waals surface area contributed by atoms with Crippen molar-refractivity contribution in [2.24, 2.45) is 11.1 Å². The Bertz CT molecular complexity index is 553. The number of nitrogens with two attached hydrogens (primary N) is 1. The number of carbonyl (C=O) groups is 1. The molecule has 2 rings (SSSR count). The first-order valence-corrected chi connectivity index (χ1v) is 6.26. The van der Waals surface area contributed by atoms with Gasteiger partial charge in [0.05, 0.1) is 21.1 Å². The molecule has 0 atom stereocenters. The highest BCUT2D eigenvalue weighted by Gasteiger charge is 2.25. The molecule has 1 heterocycles. The van der Waals surface area contributed by atoms with Crippen LogP contribution >= 0.6 is 23.7 Å². The fourth-order valence-corrected chi connectivity index (χ4v) is 2.04. The van der Waals surface area contributed by atoms with Crippen molar-refractivity contribution < 1.29 is 4.79 Å². The van der Waals surface area contributed by atoms with Crippen LogP contribution in [0, 0.1) is 5.41 Å². The molecule has 3 N–H and O–H groups in total. The Hall–Kier alpha value is -1.17. The molecule has 0 spiro atoms. The summed E-state index contributed by atoms with van der Waals surface area (Å²) in [5.74, 6) is -0.0659. The molecule has 18 heavy (non-hydrogen) atoms. The Morgan fingerprint density at radius 3 is 2.89 bits per heavy atom. The third-order valence-electron chi connectivity index (χ3n) is 2.71. The summed E-state index contributed by atoms with van der Waals surface area (Å²) in [6, 6.07) is 5.68. The second-order valence-electron chi connectivity index (χ2n) is 4.58. The number of nitrogens with zero attached hydrogens (tertiary/aromatic N) is 1. The monoisotopic (exact) mass is 285 g/mol. The molecule has 1 aromatic heterocycles. The van der Waals surface area contributed by atoms with E-state index >= 15 is 0 Å². The average Bonchev–Trinajstić information content (AvgIpc) is 2.76. The second kappa shape index (κ2) is 5.65. The number of fused-ring (bicyclic) bond motifs is 1. The summed E-state index contributed by atoms with van der Waals surface area (Å²) in [6.07, 6.45) is 0. The first-order chi connectivity index (χ1) is 8.03. The molecule has 0 saturated heterocycles. The van der Waals surface area contributed by atoms with Gasteiger partial charge in [0.15, 0.2) is 0 Å². The highest BCUT2D eigenvalue weighted by Crippen LogP contribution is 2.23. The largest absolute Gasteiger partial charge is 0.329 e. The van der Waals surface area contributed by atoms with Crippen LogP contribution in [-0.2, 0) is 4.79 Å². The van der Waals surface area contributed by atoms with Gasteiger partial charge in [-0.25, -0.2) is 4.98 Å². The summed E-state index contributed by atoms with van der Waals surface area (Å²) < 4.78 is 1.06. The SMILES string of the molecule is CC(C)(CN)C(=O)Nc1ccc2ncsc2c1.Cl. The first kappa shape index (κ1) is 14.9. The van der Waals surface area contributed by atoms with E-state index in [0.29, 0.717) is 6.54 Å².